The van der Waals surface area contributed by atoms with Crippen molar-refractivity contribution in [3.63, 3.8) is 0 Å². The summed E-state index contributed by atoms with van der Waals surface area (Å²) in [6.07, 6.45) is 4.87. The average molecular weight is 280 g/mol. The molecule has 104 valence electrons. The minimum absolute atomic E-state index is 0.767. The maximum absolute atomic E-state index is 13.6. The van der Waals surface area contributed by atoms with E-state index in [2.05, 4.69) is 0 Å². The third-order valence-corrected chi connectivity index (χ3v) is 3.08. The van der Waals surface area contributed by atoms with E-state index < -0.39 is 39.5 Å². The van der Waals surface area contributed by atoms with E-state index in [0.29, 0.717) is 0 Å². The van der Waals surface area contributed by atoms with Crippen LogP contribution in [0.2, 0.25) is 0 Å². The van der Waals surface area contributed by atoms with Gasteiger partial charge in [-0.15, -0.1) is 0 Å². The molecular formula is C13H10F2N2O3. The molecule has 0 saturated heterocycles. The van der Waals surface area contributed by atoms with Crippen molar-refractivity contribution in [2.45, 2.75) is 11.6 Å². The predicted molar refractivity (Wildman–Crippen MR) is 66.7 cm³/mol. The standard InChI is InChI=1S/C13H10F2N2O3/c14-8-4-3-5-9(15)11(8)12(18)13(16)7-2-1-6-10(13)17(19)20/h1-7,10H,16H2. The Kier molecular flexibility index (Phi) is 3.46. The van der Waals surface area contributed by atoms with Gasteiger partial charge in [0, 0.05) is 4.92 Å². The van der Waals surface area contributed by atoms with E-state index in [9.17, 15) is 23.7 Å². The Balaban J connectivity index is 2.54. The zero-order valence-electron chi connectivity index (χ0n) is 10.1. The predicted octanol–water partition coefficient (Wildman–Crippen LogP) is 1.62. The van der Waals surface area contributed by atoms with Gasteiger partial charge in [0.05, 0.1) is 5.56 Å². The van der Waals surface area contributed by atoms with Gasteiger partial charge in [-0.1, -0.05) is 18.2 Å². The van der Waals surface area contributed by atoms with E-state index >= 15 is 0 Å². The lowest BCUT2D eigenvalue weighted by Gasteiger charge is -2.27. The fourth-order valence-electron chi connectivity index (χ4n) is 2.03. The van der Waals surface area contributed by atoms with Gasteiger partial charge in [0.2, 0.25) is 0 Å². The molecule has 0 amide bonds. The van der Waals surface area contributed by atoms with E-state index in [1.54, 1.807) is 0 Å². The molecule has 0 heterocycles. The number of Topliss-reactive ketones (excluding diaryl/α,β-unsaturated/α-hetero) is 1. The quantitative estimate of drug-likeness (QED) is 0.518. The van der Waals surface area contributed by atoms with Crippen molar-refractivity contribution in [2.75, 3.05) is 0 Å². The van der Waals surface area contributed by atoms with Crippen LogP contribution in [-0.2, 0) is 0 Å². The highest BCUT2D eigenvalue weighted by Crippen LogP contribution is 2.25. The summed E-state index contributed by atoms with van der Waals surface area (Å²) < 4.78 is 27.3. The zero-order chi connectivity index (χ0) is 14.9. The molecular weight excluding hydrogens is 270 g/mol. The largest absolute Gasteiger partial charge is 0.309 e. The molecule has 2 N–H and O–H groups in total. The Hall–Kier alpha value is -2.41. The van der Waals surface area contributed by atoms with Crippen LogP contribution in [0.5, 0.6) is 0 Å². The number of benzene rings is 1. The number of carbonyl (C=O) groups is 1. The highest BCUT2D eigenvalue weighted by Gasteiger charge is 2.49. The summed E-state index contributed by atoms with van der Waals surface area (Å²) in [5.41, 5.74) is 2.76. The number of hydrogen-bond acceptors (Lipinski definition) is 4. The van der Waals surface area contributed by atoms with E-state index in [4.69, 9.17) is 5.73 Å². The lowest BCUT2D eigenvalue weighted by Crippen LogP contribution is -2.59. The van der Waals surface area contributed by atoms with Crippen LogP contribution in [0.15, 0.2) is 42.5 Å². The third kappa shape index (κ3) is 2.12. The lowest BCUT2D eigenvalue weighted by molar-refractivity contribution is -0.514. The first kappa shape index (κ1) is 14.0. The van der Waals surface area contributed by atoms with Crippen molar-refractivity contribution in [1.29, 1.82) is 0 Å². The second kappa shape index (κ2) is 4.93. The normalized spacial score (nSPS) is 24.6. The van der Waals surface area contributed by atoms with Gasteiger partial charge in [0.15, 0.2) is 11.3 Å². The number of halogens is 2. The smallest absolute Gasteiger partial charge is 0.260 e. The fourth-order valence-corrected chi connectivity index (χ4v) is 2.03. The summed E-state index contributed by atoms with van der Waals surface area (Å²) in [6, 6.07) is 1.29. The molecule has 20 heavy (non-hydrogen) atoms. The summed E-state index contributed by atoms with van der Waals surface area (Å²) in [7, 11) is 0. The van der Waals surface area contributed by atoms with Crippen molar-refractivity contribution in [2.24, 2.45) is 5.73 Å². The SMILES string of the molecule is NC1(C(=O)c2c(F)cccc2F)C=CC=CC1[N+](=O)[O-]. The van der Waals surface area contributed by atoms with Gasteiger partial charge in [0.25, 0.3) is 6.04 Å². The monoisotopic (exact) mass is 280 g/mol. The van der Waals surface area contributed by atoms with Crippen LogP contribution in [0.4, 0.5) is 8.78 Å². The van der Waals surface area contributed by atoms with Crippen molar-refractivity contribution >= 4 is 5.78 Å². The molecule has 0 radical (unpaired) electrons. The van der Waals surface area contributed by atoms with Gasteiger partial charge in [-0.2, -0.15) is 0 Å². The van der Waals surface area contributed by atoms with Crippen LogP contribution in [0.1, 0.15) is 10.4 Å². The highest BCUT2D eigenvalue weighted by molar-refractivity contribution is 6.05. The fraction of sp³-hybridized carbons (Fsp3) is 0.154. The van der Waals surface area contributed by atoms with E-state index in [1.807, 2.05) is 0 Å². The second-order valence-corrected chi connectivity index (χ2v) is 4.33. The number of nitro groups is 1. The van der Waals surface area contributed by atoms with Crippen molar-refractivity contribution in [3.8, 4) is 0 Å². The van der Waals surface area contributed by atoms with Crippen LogP contribution in [0.3, 0.4) is 0 Å². The maximum Gasteiger partial charge on any atom is 0.260 e. The summed E-state index contributed by atoms with van der Waals surface area (Å²) in [4.78, 5) is 22.5. The summed E-state index contributed by atoms with van der Waals surface area (Å²) in [5, 5.41) is 11.0. The first-order valence-corrected chi connectivity index (χ1v) is 5.65. The Morgan fingerprint density at radius 3 is 2.45 bits per heavy atom. The Morgan fingerprint density at radius 2 is 1.90 bits per heavy atom. The van der Waals surface area contributed by atoms with Crippen LogP contribution in [-0.4, -0.2) is 22.3 Å². The van der Waals surface area contributed by atoms with E-state index in [0.717, 1.165) is 30.4 Å². The van der Waals surface area contributed by atoms with Gasteiger partial charge in [0.1, 0.15) is 11.6 Å². The van der Waals surface area contributed by atoms with Crippen LogP contribution in [0, 0.1) is 21.7 Å². The molecule has 5 nitrogen and oxygen atoms in total. The number of rotatable bonds is 3. The van der Waals surface area contributed by atoms with Crippen molar-refractivity contribution in [1.82, 2.24) is 0 Å². The lowest BCUT2D eigenvalue weighted by atomic mass is 9.80. The molecule has 1 aromatic rings. The second-order valence-electron chi connectivity index (χ2n) is 4.33. The van der Waals surface area contributed by atoms with Gasteiger partial charge in [-0.05, 0) is 24.3 Å². The van der Waals surface area contributed by atoms with Crippen molar-refractivity contribution in [3.05, 3.63) is 69.8 Å². The molecule has 1 aliphatic rings. The number of allylic oxidation sites excluding steroid dienone is 2. The molecule has 0 fully saturated rings. The summed E-state index contributed by atoms with van der Waals surface area (Å²) in [5.74, 6) is -3.38. The Morgan fingerprint density at radius 1 is 1.30 bits per heavy atom. The Labute approximate surface area is 112 Å². The van der Waals surface area contributed by atoms with Crippen molar-refractivity contribution < 1.29 is 18.5 Å². The molecule has 2 rings (SSSR count). The minimum atomic E-state index is -2.12. The molecule has 0 aromatic heterocycles. The molecule has 1 aromatic carbocycles. The molecule has 2 atom stereocenters. The maximum atomic E-state index is 13.6. The van der Waals surface area contributed by atoms with Crippen LogP contribution >= 0.6 is 0 Å². The number of ketones is 1. The molecule has 7 heteroatoms. The van der Waals surface area contributed by atoms with E-state index in [1.165, 1.54) is 12.2 Å². The van der Waals surface area contributed by atoms with Gasteiger partial charge in [-0.25, -0.2) is 8.78 Å². The van der Waals surface area contributed by atoms with Gasteiger partial charge in [-0.3, -0.25) is 14.9 Å². The zero-order valence-corrected chi connectivity index (χ0v) is 10.1. The molecule has 2 unspecified atom stereocenters. The number of nitrogens with two attached hydrogens (primary N) is 1. The van der Waals surface area contributed by atoms with Gasteiger partial charge < -0.3 is 5.73 Å². The number of nitrogens with zero attached hydrogens (tertiary/aromatic N) is 1. The van der Waals surface area contributed by atoms with Crippen LogP contribution in [0.25, 0.3) is 0 Å². The van der Waals surface area contributed by atoms with Crippen LogP contribution < -0.4 is 5.73 Å². The molecule has 0 spiro atoms. The highest BCUT2D eigenvalue weighted by atomic mass is 19.1. The average Bonchev–Trinajstić information content (AvgIpc) is 2.38. The Bertz CT molecular complexity index is 622. The summed E-state index contributed by atoms with van der Waals surface area (Å²) >= 11 is 0. The first-order valence-electron chi connectivity index (χ1n) is 5.65. The summed E-state index contributed by atoms with van der Waals surface area (Å²) in [6.45, 7) is 0. The topological polar surface area (TPSA) is 86.2 Å². The minimum Gasteiger partial charge on any atom is -0.309 e. The number of carbonyl (C=O) groups excluding carboxylic acids is 1. The molecule has 0 aliphatic heterocycles. The first-order chi connectivity index (χ1) is 9.38. The van der Waals surface area contributed by atoms with E-state index in [-0.39, 0.29) is 0 Å². The molecule has 0 saturated carbocycles. The third-order valence-electron chi connectivity index (χ3n) is 3.08. The molecule has 0 bridgehead atoms. The van der Waals surface area contributed by atoms with Gasteiger partial charge >= 0.3 is 0 Å². The molecule has 1 aliphatic carbocycles. The number of hydrogen-bond donors (Lipinski definition) is 1.